The van der Waals surface area contributed by atoms with Crippen LogP contribution in [0.25, 0.3) is 0 Å². The van der Waals surface area contributed by atoms with Crippen LogP contribution in [0.1, 0.15) is 51.0 Å². The van der Waals surface area contributed by atoms with Gasteiger partial charge in [-0.15, -0.1) is 0 Å². The molecule has 1 aromatic rings. The normalized spacial score (nSPS) is 29.9. The van der Waals surface area contributed by atoms with Gasteiger partial charge in [0.2, 0.25) is 0 Å². The van der Waals surface area contributed by atoms with Crippen molar-refractivity contribution in [3.63, 3.8) is 0 Å². The van der Waals surface area contributed by atoms with E-state index in [1.165, 1.54) is 0 Å². The van der Waals surface area contributed by atoms with Crippen molar-refractivity contribution in [1.82, 2.24) is 0 Å². The van der Waals surface area contributed by atoms with Gasteiger partial charge in [-0.25, -0.2) is 8.42 Å². The molecule has 3 rings (SSSR count). The van der Waals surface area contributed by atoms with Gasteiger partial charge in [0.1, 0.15) is 0 Å². The van der Waals surface area contributed by atoms with Crippen LogP contribution in [0.4, 0.5) is 0 Å². The molecule has 1 unspecified atom stereocenters. The number of hydrogen-bond acceptors (Lipinski definition) is 3. The van der Waals surface area contributed by atoms with Gasteiger partial charge in [0.25, 0.3) is 0 Å². The molecule has 1 atom stereocenters. The van der Waals surface area contributed by atoms with E-state index in [0.717, 1.165) is 31.2 Å². The molecule has 20 heavy (non-hydrogen) atoms. The Balaban J connectivity index is 1.97. The third kappa shape index (κ3) is 2.19. The highest BCUT2D eigenvalue weighted by Crippen LogP contribution is 2.49. The van der Waals surface area contributed by atoms with E-state index in [0.29, 0.717) is 10.3 Å². The van der Waals surface area contributed by atoms with E-state index < -0.39 is 9.84 Å². The van der Waals surface area contributed by atoms with Crippen LogP contribution in [-0.2, 0) is 9.84 Å². The molecule has 1 aromatic carbocycles. The summed E-state index contributed by atoms with van der Waals surface area (Å²) in [6.45, 7) is 4.54. The van der Waals surface area contributed by atoms with Gasteiger partial charge in [0.05, 0.1) is 10.6 Å². The minimum atomic E-state index is -3.15. The van der Waals surface area contributed by atoms with Gasteiger partial charge in [-0.1, -0.05) is 32.0 Å². The molecule has 2 N–H and O–H groups in total. The maximum Gasteiger partial charge on any atom is 0.179 e. The average molecular weight is 293 g/mol. The minimum Gasteiger partial charge on any atom is -0.325 e. The number of hydrogen-bond donors (Lipinski definition) is 1. The van der Waals surface area contributed by atoms with Crippen molar-refractivity contribution >= 4 is 9.84 Å². The first-order chi connectivity index (χ1) is 9.24. The van der Waals surface area contributed by atoms with Gasteiger partial charge in [0, 0.05) is 11.5 Å². The van der Waals surface area contributed by atoms with E-state index in [2.05, 4.69) is 13.8 Å². The van der Waals surface area contributed by atoms with E-state index in [4.69, 9.17) is 5.73 Å². The number of nitrogens with two attached hydrogens (primary N) is 1. The number of fused-ring (bicyclic) bond motifs is 1. The Labute approximate surface area is 121 Å². The summed E-state index contributed by atoms with van der Waals surface area (Å²) in [7, 11) is -3.15. The van der Waals surface area contributed by atoms with E-state index in [9.17, 15) is 8.42 Å². The van der Waals surface area contributed by atoms with Crippen LogP contribution in [0.2, 0.25) is 0 Å². The fourth-order valence-corrected chi connectivity index (χ4v) is 5.65. The molecule has 2 aliphatic rings. The standard InChI is InChI=1S/C16H23NO2S/c1-15(2)7-9-16(17,10-8-15)13-11-20(18,19)14-6-4-3-5-12(13)14/h3-6,13H,7-11,17H2,1-2H3. The van der Waals surface area contributed by atoms with Gasteiger partial charge in [-0.05, 0) is 42.7 Å². The SMILES string of the molecule is CC1(C)CCC(N)(C2CS(=O)(=O)c3ccccc32)CC1. The van der Waals surface area contributed by atoms with Gasteiger partial charge < -0.3 is 5.73 Å². The quantitative estimate of drug-likeness (QED) is 0.866. The van der Waals surface area contributed by atoms with Gasteiger partial charge in [-0.3, -0.25) is 0 Å². The number of sulfone groups is 1. The molecular formula is C16H23NO2S. The Morgan fingerprint density at radius 2 is 1.70 bits per heavy atom. The molecular weight excluding hydrogens is 270 g/mol. The zero-order valence-corrected chi connectivity index (χ0v) is 13.0. The minimum absolute atomic E-state index is 0.0419. The molecule has 0 amide bonds. The lowest BCUT2D eigenvalue weighted by Crippen LogP contribution is -2.50. The van der Waals surface area contributed by atoms with Gasteiger partial charge in [0.15, 0.2) is 9.84 Å². The van der Waals surface area contributed by atoms with E-state index in [-0.39, 0.29) is 17.2 Å². The van der Waals surface area contributed by atoms with Crippen molar-refractivity contribution in [1.29, 1.82) is 0 Å². The second-order valence-electron chi connectivity index (χ2n) is 7.27. The summed E-state index contributed by atoms with van der Waals surface area (Å²) >= 11 is 0. The summed E-state index contributed by atoms with van der Waals surface area (Å²) in [6, 6.07) is 7.38. The zero-order valence-electron chi connectivity index (χ0n) is 12.2. The molecule has 3 nitrogen and oxygen atoms in total. The third-order valence-corrected chi connectivity index (χ3v) is 7.06. The molecule has 1 heterocycles. The summed E-state index contributed by atoms with van der Waals surface area (Å²) in [5.41, 5.74) is 7.56. The van der Waals surface area contributed by atoms with Crippen LogP contribution in [0.3, 0.4) is 0 Å². The molecule has 1 aliphatic carbocycles. The molecule has 0 bridgehead atoms. The van der Waals surface area contributed by atoms with Crippen LogP contribution in [-0.4, -0.2) is 19.7 Å². The largest absolute Gasteiger partial charge is 0.325 e. The Hall–Kier alpha value is -0.870. The predicted octanol–water partition coefficient (Wildman–Crippen LogP) is 2.86. The van der Waals surface area contributed by atoms with E-state index >= 15 is 0 Å². The van der Waals surface area contributed by atoms with Crippen LogP contribution in [0, 0.1) is 5.41 Å². The molecule has 1 aliphatic heterocycles. The highest BCUT2D eigenvalue weighted by Gasteiger charge is 2.47. The van der Waals surface area contributed by atoms with Crippen LogP contribution < -0.4 is 5.73 Å². The Morgan fingerprint density at radius 1 is 1.10 bits per heavy atom. The lowest BCUT2D eigenvalue weighted by Gasteiger charge is -2.44. The van der Waals surface area contributed by atoms with Crippen LogP contribution >= 0.6 is 0 Å². The molecule has 1 fully saturated rings. The Bertz CT molecular complexity index is 624. The monoisotopic (exact) mass is 293 g/mol. The van der Waals surface area contributed by atoms with Gasteiger partial charge in [-0.2, -0.15) is 0 Å². The van der Waals surface area contributed by atoms with Crippen molar-refractivity contribution in [2.45, 2.75) is 55.9 Å². The van der Waals surface area contributed by atoms with Crippen molar-refractivity contribution in [2.24, 2.45) is 11.1 Å². The lowest BCUT2D eigenvalue weighted by atomic mass is 9.64. The Morgan fingerprint density at radius 3 is 2.35 bits per heavy atom. The summed E-state index contributed by atoms with van der Waals surface area (Å²) in [6.07, 6.45) is 3.97. The molecule has 0 radical (unpaired) electrons. The average Bonchev–Trinajstić information content (AvgIpc) is 2.67. The molecule has 0 spiro atoms. The zero-order chi connectivity index (χ0) is 14.6. The summed E-state index contributed by atoms with van der Waals surface area (Å²) in [4.78, 5) is 0.500. The lowest BCUT2D eigenvalue weighted by molar-refractivity contribution is 0.149. The maximum absolute atomic E-state index is 12.3. The highest BCUT2D eigenvalue weighted by atomic mass is 32.2. The van der Waals surface area contributed by atoms with E-state index in [1.54, 1.807) is 12.1 Å². The van der Waals surface area contributed by atoms with Crippen molar-refractivity contribution in [3.8, 4) is 0 Å². The number of rotatable bonds is 1. The fraction of sp³-hybridized carbons (Fsp3) is 0.625. The van der Waals surface area contributed by atoms with Crippen LogP contribution in [0.5, 0.6) is 0 Å². The maximum atomic E-state index is 12.3. The topological polar surface area (TPSA) is 60.2 Å². The molecule has 1 saturated carbocycles. The van der Waals surface area contributed by atoms with Crippen LogP contribution in [0.15, 0.2) is 29.2 Å². The highest BCUT2D eigenvalue weighted by molar-refractivity contribution is 7.91. The smallest absolute Gasteiger partial charge is 0.179 e. The Kier molecular flexibility index (Phi) is 3.04. The first-order valence-electron chi connectivity index (χ1n) is 7.34. The predicted molar refractivity (Wildman–Crippen MR) is 80.4 cm³/mol. The molecule has 110 valence electrons. The first-order valence-corrected chi connectivity index (χ1v) is 8.99. The molecule has 4 heteroatoms. The second kappa shape index (κ2) is 4.31. The van der Waals surface area contributed by atoms with E-state index in [1.807, 2.05) is 12.1 Å². The first kappa shape index (κ1) is 14.1. The summed E-state index contributed by atoms with van der Waals surface area (Å²) in [5.74, 6) is 0.142. The fourth-order valence-electron chi connectivity index (χ4n) is 3.67. The van der Waals surface area contributed by atoms with Crippen molar-refractivity contribution < 1.29 is 8.42 Å². The van der Waals surface area contributed by atoms with Gasteiger partial charge >= 0.3 is 0 Å². The third-order valence-electron chi connectivity index (χ3n) is 5.24. The second-order valence-corrected chi connectivity index (χ2v) is 9.27. The molecule has 0 aromatic heterocycles. The molecule has 0 saturated heterocycles. The number of benzene rings is 1. The van der Waals surface area contributed by atoms with Crippen molar-refractivity contribution in [2.75, 3.05) is 5.75 Å². The van der Waals surface area contributed by atoms with Crippen molar-refractivity contribution in [3.05, 3.63) is 29.8 Å². The summed E-state index contributed by atoms with van der Waals surface area (Å²) in [5, 5.41) is 0. The summed E-state index contributed by atoms with van der Waals surface area (Å²) < 4.78 is 24.6.